The Hall–Kier alpha value is -0.500. The molecule has 4 fully saturated rings. The topological polar surface area (TPSA) is 99.4 Å². The van der Waals surface area contributed by atoms with Crippen molar-refractivity contribution >= 4 is 0 Å². The van der Waals surface area contributed by atoms with Gasteiger partial charge in [0.25, 0.3) is 0 Å². The van der Waals surface area contributed by atoms with E-state index in [1.165, 1.54) is 44.1 Å². The van der Waals surface area contributed by atoms with E-state index >= 15 is 0 Å². The third kappa shape index (κ3) is 5.39. The molecule has 0 aromatic carbocycles. The molecule has 1 aliphatic heterocycles. The lowest BCUT2D eigenvalue weighted by molar-refractivity contribution is -0.296. The number of hydrogen-bond acceptors (Lipinski definition) is 6. The summed E-state index contributed by atoms with van der Waals surface area (Å²) in [6, 6.07) is 0. The van der Waals surface area contributed by atoms with Crippen LogP contribution in [0.15, 0.2) is 11.6 Å². The molecule has 1 saturated heterocycles. The molecule has 0 bridgehead atoms. The van der Waals surface area contributed by atoms with Gasteiger partial charge >= 0.3 is 0 Å². The van der Waals surface area contributed by atoms with E-state index in [-0.39, 0.29) is 30.0 Å². The number of ether oxygens (including phenoxy) is 2. The van der Waals surface area contributed by atoms with Crippen molar-refractivity contribution in [3.8, 4) is 0 Å². The molecule has 4 N–H and O–H groups in total. The molecule has 11 atom stereocenters. The Labute approximate surface area is 249 Å². The Bertz CT molecular complexity index is 970. The van der Waals surface area contributed by atoms with Crippen LogP contribution in [0.1, 0.15) is 126 Å². The molecular formula is C35H60O6. The molecule has 3 saturated carbocycles. The highest BCUT2D eigenvalue weighted by Crippen LogP contribution is 2.74. The maximum atomic E-state index is 10.6. The van der Waals surface area contributed by atoms with Crippen LogP contribution in [0.3, 0.4) is 0 Å². The predicted octanol–water partition coefficient (Wildman–Crippen LogP) is 6.14. The van der Waals surface area contributed by atoms with E-state index in [0.717, 1.165) is 38.0 Å². The molecule has 0 aromatic heterocycles. The van der Waals surface area contributed by atoms with Crippen LogP contribution in [-0.4, -0.2) is 63.3 Å². The van der Waals surface area contributed by atoms with Crippen LogP contribution in [0.4, 0.5) is 0 Å². The molecule has 0 spiro atoms. The Morgan fingerprint density at radius 1 is 0.976 bits per heavy atom. The molecule has 3 unspecified atom stereocenters. The van der Waals surface area contributed by atoms with Gasteiger partial charge in [0.05, 0.1) is 30.5 Å². The fourth-order valence-corrected chi connectivity index (χ4v) is 10.7. The van der Waals surface area contributed by atoms with Gasteiger partial charge < -0.3 is 29.9 Å². The van der Waals surface area contributed by atoms with E-state index in [0.29, 0.717) is 22.7 Å². The van der Waals surface area contributed by atoms with Crippen molar-refractivity contribution < 1.29 is 29.9 Å². The molecule has 0 amide bonds. The first-order valence-electron chi connectivity index (χ1n) is 16.8. The smallest absolute Gasteiger partial charge is 0.186 e. The van der Waals surface area contributed by atoms with Gasteiger partial charge in [0.15, 0.2) is 6.29 Å². The van der Waals surface area contributed by atoms with Gasteiger partial charge in [-0.25, -0.2) is 0 Å². The van der Waals surface area contributed by atoms with Gasteiger partial charge in [0.1, 0.15) is 6.10 Å². The number of rotatable bonds is 8. The Morgan fingerprint density at radius 3 is 2.39 bits per heavy atom. The van der Waals surface area contributed by atoms with Gasteiger partial charge in [-0.1, -0.05) is 59.1 Å². The zero-order chi connectivity index (χ0) is 30.0. The van der Waals surface area contributed by atoms with E-state index in [2.05, 4.69) is 40.7 Å². The zero-order valence-electron chi connectivity index (χ0n) is 27.0. The maximum absolute atomic E-state index is 10.6. The highest BCUT2D eigenvalue weighted by molar-refractivity contribution is 5.30. The number of aliphatic hydroxyl groups is 4. The molecule has 5 rings (SSSR count). The Morgan fingerprint density at radius 2 is 1.71 bits per heavy atom. The van der Waals surface area contributed by atoms with Gasteiger partial charge in [-0.2, -0.15) is 0 Å². The normalized spacial score (nSPS) is 47.7. The van der Waals surface area contributed by atoms with Crippen LogP contribution >= 0.6 is 0 Å². The van der Waals surface area contributed by atoms with Gasteiger partial charge in [-0.3, -0.25) is 0 Å². The van der Waals surface area contributed by atoms with Gasteiger partial charge in [-0.05, 0) is 106 Å². The SMILES string of the molecule is CC(C)(O)CCCCC1CC[C@@]2(C)C3CC=C4C(CC[C@H](O[C@@H]5O[C@H](CO)C[C@H](O)[C@H]5O)C4(C)C)[C@]3(C)CC[C@]12C. The predicted molar refractivity (Wildman–Crippen MR) is 161 cm³/mol. The first-order chi connectivity index (χ1) is 19.1. The summed E-state index contributed by atoms with van der Waals surface area (Å²) in [7, 11) is 0. The summed E-state index contributed by atoms with van der Waals surface area (Å²) < 4.78 is 12.3. The summed E-state index contributed by atoms with van der Waals surface area (Å²) in [5.41, 5.74) is 1.76. The molecule has 41 heavy (non-hydrogen) atoms. The van der Waals surface area contributed by atoms with Crippen LogP contribution in [-0.2, 0) is 9.47 Å². The van der Waals surface area contributed by atoms with Crippen LogP contribution in [0.2, 0.25) is 0 Å². The summed E-state index contributed by atoms with van der Waals surface area (Å²) in [6.07, 6.45) is 12.1. The van der Waals surface area contributed by atoms with Crippen molar-refractivity contribution in [3.63, 3.8) is 0 Å². The second-order valence-corrected chi connectivity index (χ2v) is 16.7. The first-order valence-corrected chi connectivity index (χ1v) is 16.8. The number of fused-ring (bicyclic) bond motifs is 5. The van der Waals surface area contributed by atoms with Crippen molar-refractivity contribution in [3.05, 3.63) is 11.6 Å². The van der Waals surface area contributed by atoms with Crippen molar-refractivity contribution in [1.29, 1.82) is 0 Å². The fourth-order valence-electron chi connectivity index (χ4n) is 10.7. The minimum atomic E-state index is -1.10. The molecule has 5 aliphatic rings. The van der Waals surface area contributed by atoms with E-state index < -0.39 is 30.2 Å². The molecule has 0 radical (unpaired) electrons. The minimum Gasteiger partial charge on any atom is -0.394 e. The van der Waals surface area contributed by atoms with Crippen LogP contribution in [0, 0.1) is 39.4 Å². The quantitative estimate of drug-likeness (QED) is 0.205. The number of allylic oxidation sites excluding steroid dienone is 1. The molecule has 6 nitrogen and oxygen atoms in total. The van der Waals surface area contributed by atoms with Gasteiger partial charge in [0, 0.05) is 11.8 Å². The lowest BCUT2D eigenvalue weighted by atomic mass is 9.39. The third-order valence-corrected chi connectivity index (χ3v) is 13.6. The highest BCUT2D eigenvalue weighted by Gasteiger charge is 2.66. The lowest BCUT2D eigenvalue weighted by Gasteiger charge is -2.66. The third-order valence-electron chi connectivity index (χ3n) is 13.6. The average molecular weight is 577 g/mol. The molecule has 6 heteroatoms. The lowest BCUT2D eigenvalue weighted by Crippen LogP contribution is -2.59. The highest BCUT2D eigenvalue weighted by atomic mass is 16.7. The van der Waals surface area contributed by atoms with E-state index in [9.17, 15) is 20.4 Å². The summed E-state index contributed by atoms with van der Waals surface area (Å²) in [6.45, 7) is 16.1. The Balaban J connectivity index is 1.32. The molecule has 236 valence electrons. The molecular weight excluding hydrogens is 516 g/mol. The number of hydrogen-bond donors (Lipinski definition) is 4. The largest absolute Gasteiger partial charge is 0.394 e. The zero-order valence-corrected chi connectivity index (χ0v) is 27.0. The van der Waals surface area contributed by atoms with Crippen molar-refractivity contribution in [2.24, 2.45) is 39.4 Å². The minimum absolute atomic E-state index is 0.112. The fraction of sp³-hybridized carbons (Fsp3) is 0.943. The maximum Gasteiger partial charge on any atom is 0.186 e. The van der Waals surface area contributed by atoms with Crippen LogP contribution < -0.4 is 0 Å². The summed E-state index contributed by atoms with van der Waals surface area (Å²) in [5.74, 6) is 2.00. The molecule has 4 aliphatic carbocycles. The number of aliphatic hydroxyl groups excluding tert-OH is 3. The Kier molecular flexibility index (Phi) is 8.67. The summed E-state index contributed by atoms with van der Waals surface area (Å²) in [5, 5.41) is 40.8. The van der Waals surface area contributed by atoms with Gasteiger partial charge in [0.2, 0.25) is 0 Å². The van der Waals surface area contributed by atoms with Crippen molar-refractivity contribution in [1.82, 2.24) is 0 Å². The van der Waals surface area contributed by atoms with Crippen LogP contribution in [0.5, 0.6) is 0 Å². The van der Waals surface area contributed by atoms with Crippen LogP contribution in [0.25, 0.3) is 0 Å². The van der Waals surface area contributed by atoms with Crippen molar-refractivity contribution in [2.75, 3.05) is 6.61 Å². The van der Waals surface area contributed by atoms with Crippen molar-refractivity contribution in [2.45, 2.75) is 162 Å². The average Bonchev–Trinajstić information content (AvgIpc) is 3.15. The molecule has 1 heterocycles. The van der Waals surface area contributed by atoms with Gasteiger partial charge in [-0.15, -0.1) is 0 Å². The molecule has 0 aromatic rings. The first kappa shape index (κ1) is 31.9. The monoisotopic (exact) mass is 576 g/mol. The summed E-state index contributed by atoms with van der Waals surface area (Å²) >= 11 is 0. The van der Waals surface area contributed by atoms with E-state index in [1.54, 1.807) is 0 Å². The summed E-state index contributed by atoms with van der Waals surface area (Å²) in [4.78, 5) is 0. The second kappa shape index (κ2) is 11.1. The standard InChI is InChI=1S/C35H60O6/c1-31(2,39)16-9-8-10-22-15-17-35(7)27-13-11-24-25(33(27,5)18-19-34(22,35)6)12-14-28(32(24,3)4)41-30-29(38)26(37)20-23(21-36)40-30/h11,22-23,25-30,36-39H,8-10,12-21H2,1-7H3/t22?,23-,25?,26-,27?,28-,29+,30-,33-,34+,35-/m0/s1. The number of unbranched alkanes of at least 4 members (excludes halogenated alkanes) is 1. The van der Waals surface area contributed by atoms with E-state index in [4.69, 9.17) is 9.47 Å². The second-order valence-electron chi connectivity index (χ2n) is 16.7. The van der Waals surface area contributed by atoms with E-state index in [1.807, 2.05) is 13.8 Å².